The fourth-order valence-corrected chi connectivity index (χ4v) is 1.43. The van der Waals surface area contributed by atoms with E-state index in [2.05, 4.69) is 37.1 Å². The van der Waals surface area contributed by atoms with Gasteiger partial charge in [-0.3, -0.25) is 0 Å². The fraction of sp³-hybridized carbons (Fsp3) is 0.400. The number of allylic oxidation sites excluding steroid dienone is 5. The summed E-state index contributed by atoms with van der Waals surface area (Å²) in [5, 5.41) is 0. The minimum atomic E-state index is 0.876. The van der Waals surface area contributed by atoms with Gasteiger partial charge in [-0.2, -0.15) is 0 Å². The summed E-state index contributed by atoms with van der Waals surface area (Å²) < 4.78 is 0. The van der Waals surface area contributed by atoms with E-state index in [1.165, 1.54) is 5.57 Å². The second kappa shape index (κ2) is 8.82. The molecule has 0 aliphatic heterocycles. The van der Waals surface area contributed by atoms with Crippen LogP contribution in [0, 0.1) is 6.58 Å². The standard InChI is InChI=1S/C15H22N/c1-6-9-10-12-14(4)13-16(5)15(8-3)11-7-2/h3,6,9-10,12H,1,7,11,13H2,2,4-5H3/b10-9-,14-12+. The molecule has 0 aliphatic carbocycles. The van der Waals surface area contributed by atoms with E-state index < -0.39 is 0 Å². The van der Waals surface area contributed by atoms with E-state index in [9.17, 15) is 0 Å². The second-order valence-corrected chi connectivity index (χ2v) is 3.83. The van der Waals surface area contributed by atoms with E-state index in [0.717, 1.165) is 25.1 Å². The van der Waals surface area contributed by atoms with Crippen LogP contribution < -0.4 is 0 Å². The van der Waals surface area contributed by atoms with E-state index in [1.54, 1.807) is 6.08 Å². The first-order valence-corrected chi connectivity index (χ1v) is 5.64. The Morgan fingerprint density at radius 3 is 2.62 bits per heavy atom. The average molecular weight is 216 g/mol. The molecule has 0 N–H and O–H groups in total. The molecule has 87 valence electrons. The quantitative estimate of drug-likeness (QED) is 0.461. The van der Waals surface area contributed by atoms with Crippen molar-refractivity contribution in [2.24, 2.45) is 0 Å². The van der Waals surface area contributed by atoms with E-state index in [4.69, 9.17) is 6.58 Å². The molecule has 16 heavy (non-hydrogen) atoms. The topological polar surface area (TPSA) is 3.24 Å². The maximum Gasteiger partial charge on any atom is 0.0564 e. The van der Waals surface area contributed by atoms with E-state index in [-0.39, 0.29) is 0 Å². The molecule has 1 nitrogen and oxygen atoms in total. The van der Waals surface area contributed by atoms with Crippen LogP contribution in [0.5, 0.6) is 0 Å². The molecular weight excluding hydrogens is 194 g/mol. The molecule has 0 heterocycles. The van der Waals surface area contributed by atoms with Crippen LogP contribution in [0.2, 0.25) is 0 Å². The summed E-state index contributed by atoms with van der Waals surface area (Å²) >= 11 is 0. The molecular formula is C15H22N. The first kappa shape index (κ1) is 14.5. The third kappa shape index (κ3) is 6.10. The van der Waals surface area contributed by atoms with Gasteiger partial charge in [-0.1, -0.05) is 55.5 Å². The summed E-state index contributed by atoms with van der Waals surface area (Å²) in [4.78, 5) is 2.14. The Hall–Kier alpha value is -1.46. The van der Waals surface area contributed by atoms with E-state index >= 15 is 0 Å². The Bertz CT molecular complexity index is 314. The van der Waals surface area contributed by atoms with Gasteiger partial charge in [0.25, 0.3) is 0 Å². The van der Waals surface area contributed by atoms with Crippen molar-refractivity contribution in [1.82, 2.24) is 4.90 Å². The van der Waals surface area contributed by atoms with Gasteiger partial charge in [0.05, 0.1) is 5.70 Å². The van der Waals surface area contributed by atoms with Crippen LogP contribution in [-0.4, -0.2) is 18.5 Å². The zero-order valence-electron chi connectivity index (χ0n) is 10.7. The highest BCUT2D eigenvalue weighted by Gasteiger charge is 2.02. The van der Waals surface area contributed by atoms with Gasteiger partial charge >= 0.3 is 0 Å². The predicted molar refractivity (Wildman–Crippen MR) is 72.0 cm³/mol. The van der Waals surface area contributed by atoms with Crippen LogP contribution in [-0.2, 0) is 0 Å². The molecule has 1 radical (unpaired) electrons. The molecule has 0 spiro atoms. The van der Waals surface area contributed by atoms with Crippen LogP contribution >= 0.6 is 0 Å². The van der Waals surface area contributed by atoms with Crippen LogP contribution in [0.15, 0.2) is 47.9 Å². The summed E-state index contributed by atoms with van der Waals surface area (Å²) in [5.41, 5.74) is 5.11. The van der Waals surface area contributed by atoms with Crippen LogP contribution in [0.1, 0.15) is 26.7 Å². The summed E-state index contributed by atoms with van der Waals surface area (Å²) in [6.45, 7) is 14.2. The van der Waals surface area contributed by atoms with Gasteiger partial charge in [-0.25, -0.2) is 0 Å². The summed E-state index contributed by atoms with van der Waals surface area (Å²) in [7, 11) is 2.04. The molecule has 0 aromatic carbocycles. The lowest BCUT2D eigenvalue weighted by atomic mass is 10.2. The third-order valence-electron chi connectivity index (χ3n) is 2.23. The molecule has 0 saturated heterocycles. The van der Waals surface area contributed by atoms with Gasteiger partial charge < -0.3 is 4.90 Å². The average Bonchev–Trinajstić information content (AvgIpc) is 2.26. The SMILES string of the molecule is [CH]=C=C(CCC)N(C)C/C(C)=C/C=C\C=C. The minimum Gasteiger partial charge on any atom is -0.368 e. The van der Waals surface area contributed by atoms with Gasteiger partial charge in [0.2, 0.25) is 0 Å². The highest BCUT2D eigenvalue weighted by Crippen LogP contribution is 2.09. The Balaban J connectivity index is 4.37. The van der Waals surface area contributed by atoms with Crippen molar-refractivity contribution in [3.63, 3.8) is 0 Å². The lowest BCUT2D eigenvalue weighted by Crippen LogP contribution is -2.19. The van der Waals surface area contributed by atoms with E-state index in [1.807, 2.05) is 19.2 Å². The largest absolute Gasteiger partial charge is 0.368 e. The second-order valence-electron chi connectivity index (χ2n) is 3.83. The lowest BCUT2D eigenvalue weighted by molar-refractivity contribution is 0.433. The summed E-state index contributed by atoms with van der Waals surface area (Å²) in [6.07, 6.45) is 9.82. The van der Waals surface area contributed by atoms with Crippen LogP contribution in [0.3, 0.4) is 0 Å². The van der Waals surface area contributed by atoms with Crippen molar-refractivity contribution >= 4 is 0 Å². The monoisotopic (exact) mass is 216 g/mol. The predicted octanol–water partition coefficient (Wildman–Crippen LogP) is 3.88. The zero-order chi connectivity index (χ0) is 12.4. The van der Waals surface area contributed by atoms with Crippen molar-refractivity contribution in [2.45, 2.75) is 26.7 Å². The summed E-state index contributed by atoms with van der Waals surface area (Å²) in [6, 6.07) is 0. The molecule has 0 aromatic rings. The Morgan fingerprint density at radius 2 is 2.12 bits per heavy atom. The molecule has 1 heteroatoms. The van der Waals surface area contributed by atoms with Gasteiger partial charge in [0.15, 0.2) is 0 Å². The van der Waals surface area contributed by atoms with Gasteiger partial charge in [0.1, 0.15) is 0 Å². The smallest absolute Gasteiger partial charge is 0.0564 e. The first-order valence-electron chi connectivity index (χ1n) is 5.64. The maximum absolute atomic E-state index is 5.48. The van der Waals surface area contributed by atoms with Crippen molar-refractivity contribution in [1.29, 1.82) is 0 Å². The molecule has 0 fully saturated rings. The van der Waals surface area contributed by atoms with E-state index in [0.29, 0.717) is 0 Å². The number of rotatable bonds is 7. The summed E-state index contributed by atoms with van der Waals surface area (Å²) in [5.74, 6) is 0. The highest BCUT2D eigenvalue weighted by molar-refractivity contribution is 5.16. The molecule has 0 aromatic heterocycles. The normalized spacial score (nSPS) is 11.3. The molecule has 0 aliphatic rings. The molecule has 0 atom stereocenters. The van der Waals surface area contributed by atoms with Crippen molar-refractivity contribution in [3.8, 4) is 0 Å². The Kier molecular flexibility index (Phi) is 8.01. The number of hydrogen-bond acceptors (Lipinski definition) is 1. The molecule has 0 unspecified atom stereocenters. The maximum atomic E-state index is 5.48. The molecule has 0 amide bonds. The lowest BCUT2D eigenvalue weighted by Gasteiger charge is -2.20. The van der Waals surface area contributed by atoms with Crippen molar-refractivity contribution < 1.29 is 0 Å². The number of likely N-dealkylation sites (N-methyl/N-ethyl adjacent to an activating group) is 1. The van der Waals surface area contributed by atoms with Gasteiger partial charge in [-0.05, 0) is 19.9 Å². The Labute approximate surface area is 100 Å². The van der Waals surface area contributed by atoms with Crippen LogP contribution in [0.4, 0.5) is 0 Å². The van der Waals surface area contributed by atoms with Crippen molar-refractivity contribution in [2.75, 3.05) is 13.6 Å². The van der Waals surface area contributed by atoms with Crippen LogP contribution in [0.25, 0.3) is 0 Å². The molecule has 0 bridgehead atoms. The van der Waals surface area contributed by atoms with Gasteiger partial charge in [0, 0.05) is 13.6 Å². The minimum absolute atomic E-state index is 0.876. The third-order valence-corrected chi connectivity index (χ3v) is 2.23. The zero-order valence-corrected chi connectivity index (χ0v) is 10.7. The fourth-order valence-electron chi connectivity index (χ4n) is 1.43. The number of hydrogen-bond donors (Lipinski definition) is 0. The molecule has 0 saturated carbocycles. The van der Waals surface area contributed by atoms with Gasteiger partial charge in [-0.15, -0.1) is 0 Å². The Morgan fingerprint density at radius 1 is 1.44 bits per heavy atom. The number of nitrogens with zero attached hydrogens (tertiary/aromatic N) is 1. The highest BCUT2D eigenvalue weighted by atomic mass is 15.1. The van der Waals surface area contributed by atoms with Crippen molar-refractivity contribution in [3.05, 3.63) is 54.5 Å². The molecule has 0 rings (SSSR count). The first-order chi connectivity index (χ1) is 7.65.